The van der Waals surface area contributed by atoms with Gasteiger partial charge in [0.1, 0.15) is 0 Å². The van der Waals surface area contributed by atoms with Crippen molar-refractivity contribution in [2.45, 2.75) is 26.7 Å². The lowest BCUT2D eigenvalue weighted by atomic mass is 10.3. The minimum absolute atomic E-state index is 0.00687. The van der Waals surface area contributed by atoms with Crippen LogP contribution in [0.15, 0.2) is 0 Å². The van der Waals surface area contributed by atoms with Gasteiger partial charge in [0.05, 0.1) is 5.75 Å². The first-order chi connectivity index (χ1) is 7.91. The third-order valence-electron chi connectivity index (χ3n) is 2.01. The average Bonchev–Trinajstić information content (AvgIpc) is 2.25. The van der Waals surface area contributed by atoms with E-state index in [0.29, 0.717) is 12.4 Å². The van der Waals surface area contributed by atoms with Crippen molar-refractivity contribution in [2.75, 3.05) is 24.7 Å². The zero-order valence-corrected chi connectivity index (χ0v) is 11.9. The number of rotatable bonds is 9. The summed E-state index contributed by atoms with van der Waals surface area (Å²) in [5, 5.41) is 2.68. The molecule has 0 aromatic carbocycles. The number of alkyl halides is 1. The Morgan fingerprint density at radius 2 is 2.00 bits per heavy atom. The van der Waals surface area contributed by atoms with Crippen molar-refractivity contribution < 1.29 is 13.2 Å². The molecule has 5 nitrogen and oxygen atoms in total. The molecule has 102 valence electrons. The van der Waals surface area contributed by atoms with Gasteiger partial charge in [-0.25, -0.2) is 13.1 Å². The monoisotopic (exact) mass is 284 g/mol. The molecule has 1 amide bonds. The van der Waals surface area contributed by atoms with Crippen LogP contribution < -0.4 is 10.0 Å². The normalized spacial score (nSPS) is 13.4. The quantitative estimate of drug-likeness (QED) is 0.612. The molecule has 2 N–H and O–H groups in total. The maximum Gasteiger partial charge on any atom is 0.221 e. The van der Waals surface area contributed by atoms with E-state index in [1.165, 1.54) is 0 Å². The maximum absolute atomic E-state index is 11.5. The molecule has 0 spiro atoms. The van der Waals surface area contributed by atoms with Gasteiger partial charge in [0.2, 0.25) is 15.9 Å². The minimum Gasteiger partial charge on any atom is -0.356 e. The van der Waals surface area contributed by atoms with Crippen molar-refractivity contribution in [3.05, 3.63) is 0 Å². The summed E-state index contributed by atoms with van der Waals surface area (Å²) in [4.78, 5) is 11.2. The molecule has 0 rings (SSSR count). The Kier molecular flexibility index (Phi) is 8.55. The molecule has 0 bridgehead atoms. The van der Waals surface area contributed by atoms with Crippen LogP contribution in [-0.2, 0) is 14.8 Å². The van der Waals surface area contributed by atoms with E-state index in [0.717, 1.165) is 6.42 Å². The Morgan fingerprint density at radius 1 is 1.35 bits per heavy atom. The second kappa shape index (κ2) is 8.72. The summed E-state index contributed by atoms with van der Waals surface area (Å²) in [6, 6.07) is 0. The number of hydrogen-bond acceptors (Lipinski definition) is 3. The topological polar surface area (TPSA) is 75.3 Å². The highest BCUT2D eigenvalue weighted by Crippen LogP contribution is 2.01. The van der Waals surface area contributed by atoms with E-state index >= 15 is 0 Å². The molecular weight excluding hydrogens is 264 g/mol. The van der Waals surface area contributed by atoms with Crippen LogP contribution in [0.1, 0.15) is 26.7 Å². The Labute approximate surface area is 108 Å². The van der Waals surface area contributed by atoms with Gasteiger partial charge in [0, 0.05) is 25.4 Å². The molecule has 0 aliphatic heterocycles. The summed E-state index contributed by atoms with van der Waals surface area (Å²) in [6.45, 7) is 4.47. The molecule has 0 aliphatic carbocycles. The Morgan fingerprint density at radius 3 is 2.53 bits per heavy atom. The molecule has 1 atom stereocenters. The molecule has 0 aliphatic rings. The number of carbonyl (C=O) groups is 1. The lowest BCUT2D eigenvalue weighted by Crippen LogP contribution is -2.33. The van der Waals surface area contributed by atoms with Gasteiger partial charge in [-0.05, 0) is 12.3 Å². The van der Waals surface area contributed by atoms with E-state index in [9.17, 15) is 13.2 Å². The molecule has 7 heteroatoms. The van der Waals surface area contributed by atoms with Crippen molar-refractivity contribution in [3.63, 3.8) is 0 Å². The number of nitrogens with one attached hydrogen (secondary N) is 2. The number of halogens is 1. The summed E-state index contributed by atoms with van der Waals surface area (Å²) in [5.74, 6) is 0.0633. The summed E-state index contributed by atoms with van der Waals surface area (Å²) < 4.78 is 25.4. The lowest BCUT2D eigenvalue weighted by Gasteiger charge is -2.10. The van der Waals surface area contributed by atoms with E-state index in [4.69, 9.17) is 11.6 Å². The van der Waals surface area contributed by atoms with Gasteiger partial charge in [0.15, 0.2) is 0 Å². The highest BCUT2D eigenvalue weighted by atomic mass is 35.5. The van der Waals surface area contributed by atoms with Gasteiger partial charge in [-0.3, -0.25) is 4.79 Å². The second-order valence-corrected chi connectivity index (χ2v) is 6.20. The van der Waals surface area contributed by atoms with E-state index in [1.54, 1.807) is 6.92 Å². The highest BCUT2D eigenvalue weighted by molar-refractivity contribution is 7.89. The summed E-state index contributed by atoms with van der Waals surface area (Å²) >= 11 is 5.54. The van der Waals surface area contributed by atoms with Gasteiger partial charge in [0.25, 0.3) is 0 Å². The van der Waals surface area contributed by atoms with Gasteiger partial charge >= 0.3 is 0 Å². The minimum atomic E-state index is -3.32. The van der Waals surface area contributed by atoms with Crippen molar-refractivity contribution in [1.29, 1.82) is 0 Å². The second-order valence-electron chi connectivity index (χ2n) is 4.04. The van der Waals surface area contributed by atoms with E-state index < -0.39 is 10.0 Å². The first kappa shape index (κ1) is 16.7. The van der Waals surface area contributed by atoms with Crippen molar-refractivity contribution >= 4 is 27.5 Å². The standard InChI is InChI=1S/C10H21ClN2O3S/c1-3-5-12-10(14)4-6-13-17(15,16)8-9(2)7-11/h9,13H,3-8H2,1-2H3,(H,12,14). The molecule has 0 aromatic rings. The van der Waals surface area contributed by atoms with Gasteiger partial charge in [-0.2, -0.15) is 0 Å². The third kappa shape index (κ3) is 9.38. The summed E-state index contributed by atoms with van der Waals surface area (Å²) in [5.41, 5.74) is 0. The number of hydrogen-bond donors (Lipinski definition) is 2. The van der Waals surface area contributed by atoms with Crippen LogP contribution in [0.4, 0.5) is 0 Å². The fourth-order valence-corrected chi connectivity index (χ4v) is 2.79. The Balaban J connectivity index is 3.83. The Hall–Kier alpha value is -0.330. The fourth-order valence-electron chi connectivity index (χ4n) is 1.15. The summed E-state index contributed by atoms with van der Waals surface area (Å²) in [6.07, 6.45) is 1.03. The van der Waals surface area contributed by atoms with Gasteiger partial charge < -0.3 is 5.32 Å². The highest BCUT2D eigenvalue weighted by Gasteiger charge is 2.14. The molecule has 0 saturated carbocycles. The number of sulfonamides is 1. The van der Waals surface area contributed by atoms with Crippen LogP contribution in [0.2, 0.25) is 0 Å². The van der Waals surface area contributed by atoms with Crippen LogP contribution in [0.5, 0.6) is 0 Å². The van der Waals surface area contributed by atoms with Crippen LogP contribution in [0.3, 0.4) is 0 Å². The van der Waals surface area contributed by atoms with Gasteiger partial charge in [-0.15, -0.1) is 11.6 Å². The predicted molar refractivity (Wildman–Crippen MR) is 69.6 cm³/mol. The average molecular weight is 285 g/mol. The fraction of sp³-hybridized carbons (Fsp3) is 0.900. The molecule has 1 unspecified atom stereocenters. The molecule has 17 heavy (non-hydrogen) atoms. The predicted octanol–water partition coefficient (Wildman–Crippen LogP) is 0.697. The van der Waals surface area contributed by atoms with Crippen LogP contribution in [0, 0.1) is 5.92 Å². The van der Waals surface area contributed by atoms with E-state index in [-0.39, 0.29) is 30.5 Å². The van der Waals surface area contributed by atoms with E-state index in [2.05, 4.69) is 10.0 Å². The third-order valence-corrected chi connectivity index (χ3v) is 4.19. The van der Waals surface area contributed by atoms with Gasteiger partial charge in [-0.1, -0.05) is 13.8 Å². The van der Waals surface area contributed by atoms with Crippen molar-refractivity contribution in [3.8, 4) is 0 Å². The van der Waals surface area contributed by atoms with Crippen LogP contribution >= 0.6 is 11.6 Å². The lowest BCUT2D eigenvalue weighted by molar-refractivity contribution is -0.120. The first-order valence-corrected chi connectivity index (χ1v) is 7.90. The largest absolute Gasteiger partial charge is 0.356 e. The smallest absolute Gasteiger partial charge is 0.221 e. The molecule has 0 radical (unpaired) electrons. The number of carbonyl (C=O) groups excluding carboxylic acids is 1. The van der Waals surface area contributed by atoms with Crippen LogP contribution in [-0.4, -0.2) is 39.0 Å². The number of amides is 1. The van der Waals surface area contributed by atoms with E-state index in [1.807, 2.05) is 6.92 Å². The maximum atomic E-state index is 11.5. The van der Waals surface area contributed by atoms with Crippen molar-refractivity contribution in [1.82, 2.24) is 10.0 Å². The van der Waals surface area contributed by atoms with Crippen LogP contribution in [0.25, 0.3) is 0 Å². The Bertz CT molecular complexity index is 320. The van der Waals surface area contributed by atoms with Crippen molar-refractivity contribution in [2.24, 2.45) is 5.92 Å². The SMILES string of the molecule is CCCNC(=O)CCNS(=O)(=O)CC(C)CCl. The zero-order chi connectivity index (χ0) is 13.3. The molecular formula is C10H21ClN2O3S. The molecule has 0 aromatic heterocycles. The molecule has 0 saturated heterocycles. The zero-order valence-electron chi connectivity index (χ0n) is 10.3. The molecule has 0 heterocycles. The first-order valence-electron chi connectivity index (χ1n) is 5.71. The molecule has 0 fully saturated rings. The summed E-state index contributed by atoms with van der Waals surface area (Å²) in [7, 11) is -3.32.